The lowest BCUT2D eigenvalue weighted by Gasteiger charge is -2.60. The van der Waals surface area contributed by atoms with Crippen molar-refractivity contribution in [1.82, 2.24) is 5.32 Å². The third kappa shape index (κ3) is 10.8. The maximum atomic E-state index is 14.4. The van der Waals surface area contributed by atoms with Gasteiger partial charge in [0.2, 0.25) is 11.7 Å². The molecule has 0 aromatic heterocycles. The van der Waals surface area contributed by atoms with Gasteiger partial charge < -0.3 is 39.0 Å². The van der Waals surface area contributed by atoms with E-state index in [2.05, 4.69) is 28.0 Å². The van der Waals surface area contributed by atoms with Gasteiger partial charge in [0.15, 0.2) is 12.2 Å². The molecule has 4 aliphatic rings. The van der Waals surface area contributed by atoms with Crippen molar-refractivity contribution in [2.24, 2.45) is 28.6 Å². The predicted molar refractivity (Wildman–Crippen MR) is 207 cm³/mol. The minimum Gasteiger partial charge on any atom is -0.464 e. The van der Waals surface area contributed by atoms with Crippen LogP contribution in [0.15, 0.2) is 35.9 Å². The van der Waals surface area contributed by atoms with Gasteiger partial charge in [-0.15, -0.1) is 20.2 Å². The van der Waals surface area contributed by atoms with Crippen LogP contribution >= 0.6 is 0 Å². The zero-order chi connectivity index (χ0) is 44.5. The summed E-state index contributed by atoms with van der Waals surface area (Å²) in [6, 6.07) is 4.82. The van der Waals surface area contributed by atoms with Crippen molar-refractivity contribution in [3.8, 4) is 5.75 Å². The number of amides is 1. The Hall–Kier alpha value is -5.66. The van der Waals surface area contributed by atoms with E-state index in [1.165, 1.54) is 31.2 Å². The number of esters is 2. The lowest BCUT2D eigenvalue weighted by atomic mass is 9.46. The van der Waals surface area contributed by atoms with Crippen LogP contribution in [0.1, 0.15) is 97.0 Å². The van der Waals surface area contributed by atoms with Crippen LogP contribution in [0, 0.1) is 48.8 Å². The zero-order valence-electron chi connectivity index (χ0n) is 34.5. The third-order valence-electron chi connectivity index (χ3n) is 13.0. The fourth-order valence-electron chi connectivity index (χ4n) is 10.2. The van der Waals surface area contributed by atoms with Gasteiger partial charge in [-0.3, -0.25) is 19.2 Å². The van der Waals surface area contributed by atoms with E-state index in [1.807, 2.05) is 6.92 Å². The largest absolute Gasteiger partial charge is 0.514 e. The van der Waals surface area contributed by atoms with Gasteiger partial charge in [0.05, 0.1) is 25.9 Å². The standard InChI is InChI=1S/C41H53N3O17/c1-25(45)42-32(37(50)56-18-4-5-19-58-43(52)53)21-26-8-11-29(12-9-26)60-38(51)57-24-34(48)41(61-35(49)7-6-20-59-44(54)55)17-15-31-30-13-10-27-22-28(46)14-16-39(27,2)36(30)33(47)23-40(31,41)3/h8-12,30-33,36,47H,4-7,13-24H2,1-3H3,(H,42,45)/t30?,31?,32-,33-,36+,39-,40-,41-/m0/s1. The van der Waals surface area contributed by atoms with Gasteiger partial charge in [0.1, 0.15) is 17.6 Å². The molecule has 3 fully saturated rings. The Morgan fingerprint density at radius 1 is 0.951 bits per heavy atom. The van der Waals surface area contributed by atoms with Crippen LogP contribution in [-0.4, -0.2) is 95.0 Å². The van der Waals surface area contributed by atoms with E-state index in [0.717, 1.165) is 5.57 Å². The van der Waals surface area contributed by atoms with E-state index in [0.29, 0.717) is 44.1 Å². The molecule has 3 saturated carbocycles. The van der Waals surface area contributed by atoms with Crippen LogP contribution in [0.3, 0.4) is 0 Å². The third-order valence-corrected chi connectivity index (χ3v) is 13.0. The summed E-state index contributed by atoms with van der Waals surface area (Å²) in [5.41, 5.74) is -1.75. The second kappa shape index (κ2) is 19.8. The molecule has 5 rings (SSSR count). The molecule has 0 spiro atoms. The minimum atomic E-state index is -1.82. The van der Waals surface area contributed by atoms with Gasteiger partial charge in [-0.05, 0) is 92.2 Å². The Morgan fingerprint density at radius 3 is 2.30 bits per heavy atom. The number of rotatable bonds is 20. The molecule has 0 saturated heterocycles. The summed E-state index contributed by atoms with van der Waals surface area (Å²) in [6.45, 7) is 3.72. The SMILES string of the molecule is CC(=O)N[C@@H](Cc1ccc(OC(=O)OCC(=O)[C@@]2(OC(=O)CCCO[N+](=O)[O-])CCC3C4CC=C5CC(=O)CC[C@]5(C)[C@H]4[C@@H](O)C[C@@]32C)cc1)C(=O)OCCCCO[N+](=O)[O-]. The van der Waals surface area contributed by atoms with Crippen LogP contribution in [-0.2, 0) is 54.3 Å². The van der Waals surface area contributed by atoms with E-state index >= 15 is 0 Å². The molecule has 1 amide bonds. The molecule has 334 valence electrons. The van der Waals surface area contributed by atoms with Crippen LogP contribution in [0.4, 0.5) is 4.79 Å². The Balaban J connectivity index is 1.24. The highest BCUT2D eigenvalue weighted by atomic mass is 17.0. The Bertz CT molecular complexity index is 1890. The number of fused-ring (bicyclic) bond motifs is 5. The number of ether oxygens (including phenoxy) is 4. The first-order chi connectivity index (χ1) is 28.9. The van der Waals surface area contributed by atoms with E-state index in [9.17, 15) is 54.1 Å². The van der Waals surface area contributed by atoms with Crippen molar-refractivity contribution in [2.75, 3.05) is 26.4 Å². The number of ketones is 2. The summed E-state index contributed by atoms with van der Waals surface area (Å²) in [5.74, 6) is -3.03. The fraction of sp³-hybridized carbons (Fsp3) is 0.659. The number of nitrogens with one attached hydrogen (secondary N) is 1. The summed E-state index contributed by atoms with van der Waals surface area (Å²) in [7, 11) is 0. The Kier molecular flexibility index (Phi) is 15.1. The smallest absolute Gasteiger partial charge is 0.464 e. The number of allylic oxidation sites excluding steroid dienone is 2. The summed E-state index contributed by atoms with van der Waals surface area (Å²) >= 11 is 0. The number of aliphatic hydroxyl groups is 1. The Labute approximate surface area is 351 Å². The molecular formula is C41H53N3O17. The van der Waals surface area contributed by atoms with Crippen molar-refractivity contribution in [3.63, 3.8) is 0 Å². The Morgan fingerprint density at radius 2 is 1.62 bits per heavy atom. The average Bonchev–Trinajstić information content (AvgIpc) is 3.48. The lowest BCUT2D eigenvalue weighted by Crippen LogP contribution is -2.63. The molecule has 20 heteroatoms. The second-order valence-corrected chi connectivity index (χ2v) is 16.7. The molecule has 1 aromatic rings. The van der Waals surface area contributed by atoms with Crippen molar-refractivity contribution >= 4 is 35.6 Å². The summed E-state index contributed by atoms with van der Waals surface area (Å²) in [6.07, 6.45) is 2.72. The highest BCUT2D eigenvalue weighted by Gasteiger charge is 2.70. The highest BCUT2D eigenvalue weighted by Crippen LogP contribution is 2.68. The topological polar surface area (TPSA) is 276 Å². The monoisotopic (exact) mass is 859 g/mol. The summed E-state index contributed by atoms with van der Waals surface area (Å²) in [5, 5.41) is 33.5. The van der Waals surface area contributed by atoms with Crippen molar-refractivity contribution in [2.45, 2.75) is 116 Å². The second-order valence-electron chi connectivity index (χ2n) is 16.7. The quantitative estimate of drug-likeness (QED) is 0.0355. The molecule has 2 unspecified atom stereocenters. The molecule has 1 aromatic carbocycles. The first kappa shape index (κ1) is 46.4. The van der Waals surface area contributed by atoms with Gasteiger partial charge in [-0.2, -0.15) is 0 Å². The van der Waals surface area contributed by atoms with Gasteiger partial charge in [0, 0.05) is 38.0 Å². The molecule has 8 atom stereocenters. The van der Waals surface area contributed by atoms with E-state index in [1.54, 1.807) is 0 Å². The molecule has 4 aliphatic carbocycles. The summed E-state index contributed by atoms with van der Waals surface area (Å²) < 4.78 is 21.9. The molecule has 0 heterocycles. The van der Waals surface area contributed by atoms with Crippen LogP contribution < -0.4 is 10.1 Å². The number of hydrogen-bond donors (Lipinski definition) is 2. The molecule has 0 bridgehead atoms. The first-order valence-corrected chi connectivity index (χ1v) is 20.4. The number of benzene rings is 1. The van der Waals surface area contributed by atoms with Crippen LogP contribution in [0.5, 0.6) is 5.75 Å². The van der Waals surface area contributed by atoms with E-state index < -0.39 is 75.1 Å². The van der Waals surface area contributed by atoms with Crippen molar-refractivity contribution < 1.29 is 72.7 Å². The number of carbonyl (C=O) groups is 6. The fourth-order valence-corrected chi connectivity index (χ4v) is 10.2. The first-order valence-electron chi connectivity index (χ1n) is 20.4. The van der Waals surface area contributed by atoms with Gasteiger partial charge in [-0.25, -0.2) is 9.59 Å². The van der Waals surface area contributed by atoms with Crippen LogP contribution in [0.2, 0.25) is 0 Å². The minimum absolute atomic E-state index is 0.0120. The average molecular weight is 860 g/mol. The van der Waals surface area contributed by atoms with Crippen molar-refractivity contribution in [3.05, 3.63) is 61.7 Å². The summed E-state index contributed by atoms with van der Waals surface area (Å²) in [4.78, 5) is 107. The highest BCUT2D eigenvalue weighted by molar-refractivity contribution is 5.93. The number of unbranched alkanes of at least 4 members (excludes halogenated alkanes) is 1. The molecule has 2 N–H and O–H groups in total. The molecular weight excluding hydrogens is 806 g/mol. The maximum absolute atomic E-state index is 14.4. The predicted octanol–water partition coefficient (Wildman–Crippen LogP) is 4.12. The van der Waals surface area contributed by atoms with E-state index in [-0.39, 0.29) is 87.6 Å². The number of nitrogens with zero attached hydrogens (tertiary/aromatic N) is 2. The molecule has 0 radical (unpaired) electrons. The zero-order valence-corrected chi connectivity index (χ0v) is 34.5. The van der Waals surface area contributed by atoms with Crippen molar-refractivity contribution in [1.29, 1.82) is 0 Å². The lowest BCUT2D eigenvalue weighted by molar-refractivity contribution is -0.757. The molecule has 0 aliphatic heterocycles. The maximum Gasteiger partial charge on any atom is 0.514 e. The molecule has 61 heavy (non-hydrogen) atoms. The van der Waals surface area contributed by atoms with Gasteiger partial charge in [-0.1, -0.05) is 37.6 Å². The number of aliphatic hydroxyl groups excluding tert-OH is 1. The van der Waals surface area contributed by atoms with Gasteiger partial charge >= 0.3 is 18.1 Å². The normalized spacial score (nSPS) is 28.0. The van der Waals surface area contributed by atoms with Gasteiger partial charge in [0.25, 0.3) is 10.2 Å². The van der Waals surface area contributed by atoms with E-state index in [4.69, 9.17) is 18.9 Å². The molecule has 20 nitrogen and oxygen atoms in total. The number of Topliss-reactive ketones (excluding diaryl/α,β-unsaturated/α-hetero) is 2. The number of carbonyl (C=O) groups excluding carboxylic acids is 6. The van der Waals surface area contributed by atoms with Crippen LogP contribution in [0.25, 0.3) is 0 Å². The number of hydrogen-bond acceptors (Lipinski definition) is 17.